The second-order valence-corrected chi connectivity index (χ2v) is 4.04. The predicted octanol–water partition coefficient (Wildman–Crippen LogP) is 2.78. The molecule has 14 heavy (non-hydrogen) atoms. The van der Waals surface area contributed by atoms with Gasteiger partial charge in [-0.1, -0.05) is 36.8 Å². The molecule has 0 heterocycles. The summed E-state index contributed by atoms with van der Waals surface area (Å²) >= 11 is 0. The summed E-state index contributed by atoms with van der Waals surface area (Å²) < 4.78 is 0. The molecular weight excluding hydrogens is 194 g/mol. The largest absolute Gasteiger partial charge is 0.327 e. The molecular formula is C12H18ClN. The normalized spacial score (nSPS) is 25.8. The lowest BCUT2D eigenvalue weighted by Crippen LogP contribution is -2.25. The average molecular weight is 212 g/mol. The maximum Gasteiger partial charge on any atom is 0.00703 e. The highest BCUT2D eigenvalue weighted by molar-refractivity contribution is 5.85. The Morgan fingerprint density at radius 2 is 1.86 bits per heavy atom. The van der Waals surface area contributed by atoms with Crippen molar-refractivity contribution in [3.63, 3.8) is 0 Å². The molecule has 0 aliphatic heterocycles. The molecule has 0 aromatic heterocycles. The Labute approximate surface area is 92.1 Å². The Morgan fingerprint density at radius 3 is 2.43 bits per heavy atom. The van der Waals surface area contributed by atoms with Gasteiger partial charge in [0, 0.05) is 6.04 Å². The first-order valence-corrected chi connectivity index (χ1v) is 5.16. The van der Waals surface area contributed by atoms with Crippen LogP contribution in [0.3, 0.4) is 0 Å². The van der Waals surface area contributed by atoms with Crippen LogP contribution < -0.4 is 5.73 Å². The lowest BCUT2D eigenvalue weighted by Gasteiger charge is -2.14. The van der Waals surface area contributed by atoms with E-state index in [0.29, 0.717) is 6.04 Å². The fourth-order valence-corrected chi connectivity index (χ4v) is 2.24. The van der Waals surface area contributed by atoms with Crippen LogP contribution in [-0.4, -0.2) is 6.04 Å². The van der Waals surface area contributed by atoms with Crippen molar-refractivity contribution < 1.29 is 0 Å². The van der Waals surface area contributed by atoms with Gasteiger partial charge in [-0.3, -0.25) is 0 Å². The van der Waals surface area contributed by atoms with Gasteiger partial charge in [-0.2, -0.15) is 0 Å². The standard InChI is InChI=1S/C12H17N.ClH/c13-12-8-4-7-11(12)9-10-5-2-1-3-6-10;/h1-3,5-6,11-12H,4,7-9,13H2;1H/t11-,12+;/m1./s1. The van der Waals surface area contributed by atoms with Crippen molar-refractivity contribution in [1.29, 1.82) is 0 Å². The molecule has 1 aliphatic carbocycles. The predicted molar refractivity (Wildman–Crippen MR) is 62.7 cm³/mol. The minimum absolute atomic E-state index is 0. The van der Waals surface area contributed by atoms with Crippen LogP contribution in [0.15, 0.2) is 30.3 Å². The number of rotatable bonds is 2. The summed E-state index contributed by atoms with van der Waals surface area (Å²) in [4.78, 5) is 0. The first-order chi connectivity index (χ1) is 6.36. The molecule has 0 spiro atoms. The topological polar surface area (TPSA) is 26.0 Å². The molecule has 0 radical (unpaired) electrons. The Balaban J connectivity index is 0.000000980. The highest BCUT2D eigenvalue weighted by atomic mass is 35.5. The van der Waals surface area contributed by atoms with E-state index in [1.807, 2.05) is 0 Å². The van der Waals surface area contributed by atoms with E-state index < -0.39 is 0 Å². The second-order valence-electron chi connectivity index (χ2n) is 4.04. The fraction of sp³-hybridized carbons (Fsp3) is 0.500. The molecule has 1 saturated carbocycles. The summed E-state index contributed by atoms with van der Waals surface area (Å²) in [5.74, 6) is 0.724. The Bertz CT molecular complexity index is 260. The quantitative estimate of drug-likeness (QED) is 0.800. The maximum atomic E-state index is 6.03. The molecule has 2 heteroatoms. The number of hydrogen-bond donors (Lipinski definition) is 1. The number of halogens is 1. The van der Waals surface area contributed by atoms with Crippen LogP contribution in [-0.2, 0) is 6.42 Å². The number of nitrogens with two attached hydrogens (primary N) is 1. The van der Waals surface area contributed by atoms with Gasteiger partial charge < -0.3 is 5.73 Å². The van der Waals surface area contributed by atoms with E-state index in [9.17, 15) is 0 Å². The molecule has 2 rings (SSSR count). The van der Waals surface area contributed by atoms with Crippen molar-refractivity contribution in [1.82, 2.24) is 0 Å². The van der Waals surface area contributed by atoms with Crippen LogP contribution in [0.4, 0.5) is 0 Å². The van der Waals surface area contributed by atoms with E-state index >= 15 is 0 Å². The van der Waals surface area contributed by atoms with Crippen molar-refractivity contribution >= 4 is 12.4 Å². The Kier molecular flexibility index (Phi) is 4.43. The molecule has 1 aromatic carbocycles. The minimum atomic E-state index is 0. The van der Waals surface area contributed by atoms with Crippen LogP contribution in [0.25, 0.3) is 0 Å². The Morgan fingerprint density at radius 1 is 1.14 bits per heavy atom. The third-order valence-corrected chi connectivity index (χ3v) is 3.06. The van der Waals surface area contributed by atoms with Crippen molar-refractivity contribution in [2.45, 2.75) is 31.7 Å². The summed E-state index contributed by atoms with van der Waals surface area (Å²) in [5, 5.41) is 0. The maximum absolute atomic E-state index is 6.03. The van der Waals surface area contributed by atoms with Gasteiger partial charge in [0.25, 0.3) is 0 Å². The molecule has 0 saturated heterocycles. The third-order valence-electron chi connectivity index (χ3n) is 3.06. The highest BCUT2D eigenvalue weighted by Gasteiger charge is 2.23. The third kappa shape index (κ3) is 2.73. The minimum Gasteiger partial charge on any atom is -0.327 e. The van der Waals surface area contributed by atoms with E-state index in [-0.39, 0.29) is 12.4 Å². The molecule has 1 aliphatic rings. The zero-order chi connectivity index (χ0) is 9.10. The smallest absolute Gasteiger partial charge is 0.00703 e. The molecule has 0 amide bonds. The van der Waals surface area contributed by atoms with Crippen molar-refractivity contribution in [3.8, 4) is 0 Å². The van der Waals surface area contributed by atoms with Gasteiger partial charge in [-0.25, -0.2) is 0 Å². The van der Waals surface area contributed by atoms with E-state index in [1.54, 1.807) is 0 Å². The van der Waals surface area contributed by atoms with Gasteiger partial charge in [-0.15, -0.1) is 12.4 Å². The Hall–Kier alpha value is -0.530. The summed E-state index contributed by atoms with van der Waals surface area (Å²) in [6.07, 6.45) is 5.02. The van der Waals surface area contributed by atoms with Crippen molar-refractivity contribution in [2.75, 3.05) is 0 Å². The molecule has 78 valence electrons. The van der Waals surface area contributed by atoms with Gasteiger partial charge in [0.05, 0.1) is 0 Å². The van der Waals surface area contributed by atoms with Crippen LogP contribution in [0.1, 0.15) is 24.8 Å². The van der Waals surface area contributed by atoms with Crippen molar-refractivity contribution in [2.24, 2.45) is 11.7 Å². The highest BCUT2D eigenvalue weighted by Crippen LogP contribution is 2.27. The second kappa shape index (κ2) is 5.38. The van der Waals surface area contributed by atoms with Crippen molar-refractivity contribution in [3.05, 3.63) is 35.9 Å². The summed E-state index contributed by atoms with van der Waals surface area (Å²) in [6.45, 7) is 0. The van der Waals surface area contributed by atoms with Gasteiger partial charge in [0.1, 0.15) is 0 Å². The molecule has 1 nitrogen and oxygen atoms in total. The molecule has 1 fully saturated rings. The van der Waals surface area contributed by atoms with Crippen LogP contribution in [0.5, 0.6) is 0 Å². The zero-order valence-corrected chi connectivity index (χ0v) is 9.17. The van der Waals surface area contributed by atoms with E-state index in [1.165, 1.54) is 31.2 Å². The molecule has 1 aromatic rings. The summed E-state index contributed by atoms with van der Waals surface area (Å²) in [6, 6.07) is 11.1. The van der Waals surface area contributed by atoms with E-state index in [0.717, 1.165) is 5.92 Å². The fourth-order valence-electron chi connectivity index (χ4n) is 2.24. The van der Waals surface area contributed by atoms with Crippen LogP contribution in [0.2, 0.25) is 0 Å². The van der Waals surface area contributed by atoms with Gasteiger partial charge in [-0.05, 0) is 30.7 Å². The lowest BCUT2D eigenvalue weighted by molar-refractivity contribution is 0.479. The lowest BCUT2D eigenvalue weighted by atomic mass is 9.95. The molecule has 0 unspecified atom stereocenters. The van der Waals surface area contributed by atoms with Gasteiger partial charge in [0.2, 0.25) is 0 Å². The number of hydrogen-bond acceptors (Lipinski definition) is 1. The summed E-state index contributed by atoms with van der Waals surface area (Å²) in [7, 11) is 0. The first kappa shape index (κ1) is 11.5. The monoisotopic (exact) mass is 211 g/mol. The first-order valence-electron chi connectivity index (χ1n) is 5.16. The average Bonchev–Trinajstić information content (AvgIpc) is 2.54. The van der Waals surface area contributed by atoms with E-state index in [4.69, 9.17) is 5.73 Å². The molecule has 2 atom stereocenters. The van der Waals surface area contributed by atoms with Gasteiger partial charge in [0.15, 0.2) is 0 Å². The van der Waals surface area contributed by atoms with Gasteiger partial charge >= 0.3 is 0 Å². The SMILES string of the molecule is Cl.N[C@H]1CCC[C@@H]1Cc1ccccc1. The van der Waals surface area contributed by atoms with E-state index in [2.05, 4.69) is 30.3 Å². The molecule has 2 N–H and O–H groups in total. The summed E-state index contributed by atoms with van der Waals surface area (Å²) in [5.41, 5.74) is 7.46. The zero-order valence-electron chi connectivity index (χ0n) is 8.36. The molecule has 0 bridgehead atoms. The van der Waals surface area contributed by atoms with Crippen LogP contribution >= 0.6 is 12.4 Å². The number of benzene rings is 1. The van der Waals surface area contributed by atoms with Crippen LogP contribution in [0, 0.1) is 5.92 Å².